The normalized spacial score (nSPS) is 16.6. The van der Waals surface area contributed by atoms with E-state index in [1.165, 1.54) is 0 Å². The molecule has 2 aromatic carbocycles. The molecule has 33 heavy (non-hydrogen) atoms. The molecule has 3 rings (SSSR count). The van der Waals surface area contributed by atoms with Gasteiger partial charge in [-0.2, -0.15) is 4.31 Å². The molecule has 8 heteroatoms. The van der Waals surface area contributed by atoms with Gasteiger partial charge in [0.05, 0.1) is 18.6 Å². The number of hydrogen-bond donors (Lipinski definition) is 1. The lowest BCUT2D eigenvalue weighted by Gasteiger charge is -2.29. The molecule has 0 bridgehead atoms. The number of ketones is 1. The van der Waals surface area contributed by atoms with Crippen LogP contribution in [-0.4, -0.2) is 70.8 Å². The van der Waals surface area contributed by atoms with Crippen LogP contribution in [0, 0.1) is 5.92 Å². The second-order valence-electron chi connectivity index (χ2n) is 8.92. The van der Waals surface area contributed by atoms with Crippen molar-refractivity contribution in [3.05, 3.63) is 59.7 Å². The summed E-state index contributed by atoms with van der Waals surface area (Å²) in [5.41, 5.74) is 1.63. The molecule has 1 unspecified atom stereocenters. The summed E-state index contributed by atoms with van der Waals surface area (Å²) in [6.07, 6.45) is 1.76. The van der Waals surface area contributed by atoms with Gasteiger partial charge in [-0.1, -0.05) is 31.2 Å². The van der Waals surface area contributed by atoms with Gasteiger partial charge in [0.15, 0.2) is 5.78 Å². The number of carbonyl (C=O) groups is 1. The van der Waals surface area contributed by atoms with Crippen molar-refractivity contribution in [3.8, 4) is 5.75 Å². The van der Waals surface area contributed by atoms with Gasteiger partial charge in [0.1, 0.15) is 5.75 Å². The van der Waals surface area contributed by atoms with Crippen LogP contribution in [-0.2, 0) is 10.0 Å². The zero-order valence-corrected chi connectivity index (χ0v) is 20.8. The van der Waals surface area contributed by atoms with Crippen molar-refractivity contribution < 1.29 is 17.9 Å². The summed E-state index contributed by atoms with van der Waals surface area (Å²) in [6.45, 7) is 4.03. The van der Waals surface area contributed by atoms with Crippen molar-refractivity contribution in [2.45, 2.75) is 30.7 Å². The van der Waals surface area contributed by atoms with Crippen LogP contribution in [0.15, 0.2) is 53.4 Å². The predicted octanol–water partition coefficient (Wildman–Crippen LogP) is 3.19. The van der Waals surface area contributed by atoms with Crippen LogP contribution < -0.4 is 10.1 Å². The minimum absolute atomic E-state index is 0.0713. The molecule has 0 amide bonds. The van der Waals surface area contributed by atoms with Crippen molar-refractivity contribution in [1.82, 2.24) is 14.5 Å². The SMILES string of the molecule is COc1ccc(C(CNCC(=O)c2ccc(S(=O)(=O)N3CCC(C)CC3)cc2)N(C)C)cc1. The quantitative estimate of drug-likeness (QED) is 0.534. The fraction of sp³-hybridized carbons (Fsp3) is 0.480. The molecule has 0 aromatic heterocycles. The Balaban J connectivity index is 1.57. The van der Waals surface area contributed by atoms with Gasteiger partial charge in [0, 0.05) is 31.2 Å². The van der Waals surface area contributed by atoms with Crippen molar-refractivity contribution in [1.29, 1.82) is 0 Å². The molecule has 1 N–H and O–H groups in total. The number of hydrogen-bond acceptors (Lipinski definition) is 6. The maximum Gasteiger partial charge on any atom is 0.243 e. The Hall–Kier alpha value is -2.26. The monoisotopic (exact) mass is 473 g/mol. The summed E-state index contributed by atoms with van der Waals surface area (Å²) in [4.78, 5) is 15.0. The average molecular weight is 474 g/mol. The van der Waals surface area contributed by atoms with Crippen LogP contribution in [0.25, 0.3) is 0 Å². The number of nitrogens with one attached hydrogen (secondary N) is 1. The maximum atomic E-state index is 12.9. The summed E-state index contributed by atoms with van der Waals surface area (Å²) in [7, 11) is 2.13. The van der Waals surface area contributed by atoms with E-state index in [1.54, 1.807) is 35.7 Å². The highest BCUT2D eigenvalue weighted by molar-refractivity contribution is 7.89. The Morgan fingerprint density at radius 1 is 1.09 bits per heavy atom. The van der Waals surface area contributed by atoms with E-state index in [-0.39, 0.29) is 23.3 Å². The van der Waals surface area contributed by atoms with E-state index in [0.717, 1.165) is 24.2 Å². The Bertz CT molecular complexity index is 1010. The van der Waals surface area contributed by atoms with Gasteiger partial charge < -0.3 is 15.0 Å². The molecule has 7 nitrogen and oxygen atoms in total. The van der Waals surface area contributed by atoms with Crippen molar-refractivity contribution >= 4 is 15.8 Å². The first-order valence-electron chi connectivity index (χ1n) is 11.4. The molecule has 2 aromatic rings. The third kappa shape index (κ3) is 6.41. The largest absolute Gasteiger partial charge is 0.497 e. The molecule has 1 saturated heterocycles. The van der Waals surface area contributed by atoms with Crippen LogP contribution in [0.4, 0.5) is 0 Å². The second-order valence-corrected chi connectivity index (χ2v) is 10.9. The van der Waals surface area contributed by atoms with Crippen LogP contribution in [0.1, 0.15) is 41.7 Å². The number of likely N-dealkylation sites (N-methyl/N-ethyl adjacent to an activating group) is 1. The zero-order valence-electron chi connectivity index (χ0n) is 20.0. The van der Waals surface area contributed by atoms with Gasteiger partial charge in [-0.25, -0.2) is 8.42 Å². The van der Waals surface area contributed by atoms with Crippen LogP contribution >= 0.6 is 0 Å². The molecule has 1 aliphatic rings. The molecule has 180 valence electrons. The number of ether oxygens (including phenoxy) is 1. The van der Waals surface area contributed by atoms with Crippen LogP contribution in [0.5, 0.6) is 5.75 Å². The van der Waals surface area contributed by atoms with Gasteiger partial charge in [-0.05, 0) is 62.7 Å². The second kappa shape index (κ2) is 11.2. The minimum atomic E-state index is -3.51. The fourth-order valence-corrected chi connectivity index (χ4v) is 5.51. The number of Topliss-reactive ketones (excluding diaryl/α,β-unsaturated/α-hetero) is 1. The highest BCUT2D eigenvalue weighted by atomic mass is 32.2. The maximum absolute atomic E-state index is 12.9. The Kier molecular flexibility index (Phi) is 8.64. The topological polar surface area (TPSA) is 78.9 Å². The number of rotatable bonds is 10. The molecular formula is C25H35N3O4S. The Morgan fingerprint density at radius 3 is 2.24 bits per heavy atom. The molecule has 1 aliphatic heterocycles. The number of benzene rings is 2. The van der Waals surface area contributed by atoms with Gasteiger partial charge in [0.25, 0.3) is 0 Å². The smallest absolute Gasteiger partial charge is 0.243 e. The first kappa shape index (κ1) is 25.4. The highest BCUT2D eigenvalue weighted by Gasteiger charge is 2.28. The van der Waals surface area contributed by atoms with Crippen LogP contribution in [0.2, 0.25) is 0 Å². The molecule has 1 fully saturated rings. The van der Waals surface area contributed by atoms with E-state index in [0.29, 0.717) is 31.1 Å². The molecule has 0 aliphatic carbocycles. The van der Waals surface area contributed by atoms with Gasteiger partial charge in [-0.15, -0.1) is 0 Å². The van der Waals surface area contributed by atoms with E-state index in [1.807, 2.05) is 38.4 Å². The third-order valence-corrected chi connectivity index (χ3v) is 8.22. The Morgan fingerprint density at radius 2 is 1.70 bits per heavy atom. The first-order chi connectivity index (χ1) is 15.7. The number of sulfonamides is 1. The van der Waals surface area contributed by atoms with E-state index < -0.39 is 10.0 Å². The molecule has 0 saturated carbocycles. The molecule has 0 spiro atoms. The number of nitrogens with zero attached hydrogens (tertiary/aromatic N) is 2. The number of piperidine rings is 1. The number of methoxy groups -OCH3 is 1. The van der Waals surface area contributed by atoms with Gasteiger partial charge in [0.2, 0.25) is 10.0 Å². The Labute approximate surface area is 197 Å². The molecule has 1 heterocycles. The lowest BCUT2D eigenvalue weighted by atomic mass is 10.0. The number of carbonyl (C=O) groups excluding carboxylic acids is 1. The van der Waals surface area contributed by atoms with E-state index in [4.69, 9.17) is 4.74 Å². The highest BCUT2D eigenvalue weighted by Crippen LogP contribution is 2.24. The lowest BCUT2D eigenvalue weighted by Crippen LogP contribution is -2.37. The lowest BCUT2D eigenvalue weighted by molar-refractivity contribution is 0.0988. The van der Waals surface area contributed by atoms with Crippen molar-refractivity contribution in [3.63, 3.8) is 0 Å². The van der Waals surface area contributed by atoms with Crippen molar-refractivity contribution in [2.24, 2.45) is 5.92 Å². The standard InChI is InChI=1S/C25H35N3O4S/c1-19-13-15-28(16-14-19)33(30,31)23-11-7-21(8-12-23)25(29)18-26-17-24(27(2)3)20-5-9-22(32-4)10-6-20/h5-12,19,24,26H,13-18H2,1-4H3. The summed E-state index contributed by atoms with van der Waals surface area (Å²) >= 11 is 0. The zero-order chi connectivity index (χ0) is 24.0. The molecular weight excluding hydrogens is 438 g/mol. The summed E-state index contributed by atoms with van der Waals surface area (Å²) < 4.78 is 32.5. The molecule has 1 atom stereocenters. The van der Waals surface area contributed by atoms with Crippen LogP contribution in [0.3, 0.4) is 0 Å². The van der Waals surface area contributed by atoms with E-state index >= 15 is 0 Å². The average Bonchev–Trinajstić information content (AvgIpc) is 2.82. The molecule has 0 radical (unpaired) electrons. The fourth-order valence-electron chi connectivity index (χ4n) is 4.04. The third-order valence-electron chi connectivity index (χ3n) is 6.30. The first-order valence-corrected chi connectivity index (χ1v) is 12.8. The van der Waals surface area contributed by atoms with Gasteiger partial charge in [-0.3, -0.25) is 4.79 Å². The predicted molar refractivity (Wildman–Crippen MR) is 130 cm³/mol. The van der Waals surface area contributed by atoms with Crippen molar-refractivity contribution in [2.75, 3.05) is 47.4 Å². The summed E-state index contributed by atoms with van der Waals surface area (Å²) in [5.74, 6) is 1.29. The summed E-state index contributed by atoms with van der Waals surface area (Å²) in [5, 5.41) is 3.24. The van der Waals surface area contributed by atoms with E-state index in [2.05, 4.69) is 17.1 Å². The summed E-state index contributed by atoms with van der Waals surface area (Å²) in [6, 6.07) is 14.3. The van der Waals surface area contributed by atoms with E-state index in [9.17, 15) is 13.2 Å². The van der Waals surface area contributed by atoms with Gasteiger partial charge >= 0.3 is 0 Å². The minimum Gasteiger partial charge on any atom is -0.497 e.